The number of hydrogen-bond acceptors (Lipinski definition) is 3. The van der Waals surface area contributed by atoms with Gasteiger partial charge in [0.2, 0.25) is 5.91 Å². The Hall–Kier alpha value is -3.28. The summed E-state index contributed by atoms with van der Waals surface area (Å²) >= 11 is 0. The number of carbonyl (C=O) groups is 1. The van der Waals surface area contributed by atoms with Crippen LogP contribution in [0.2, 0.25) is 0 Å². The second-order valence-corrected chi connectivity index (χ2v) is 5.44. The van der Waals surface area contributed by atoms with E-state index in [1.165, 1.54) is 23.8 Å². The van der Waals surface area contributed by atoms with Crippen LogP contribution < -0.4 is 5.32 Å². The number of pyridine rings is 1. The first-order valence-electron chi connectivity index (χ1n) is 7.86. The SMILES string of the molecule is O=C(/C=C/c1ccc(F)cc1)Nc1ccn(CCc2ccncc2)n1. The van der Waals surface area contributed by atoms with Crippen LogP contribution in [0.25, 0.3) is 6.08 Å². The lowest BCUT2D eigenvalue weighted by Crippen LogP contribution is -2.09. The van der Waals surface area contributed by atoms with E-state index in [4.69, 9.17) is 0 Å². The van der Waals surface area contributed by atoms with Crippen LogP contribution in [0.15, 0.2) is 67.1 Å². The summed E-state index contributed by atoms with van der Waals surface area (Å²) in [5.74, 6) is -0.105. The fraction of sp³-hybridized carbons (Fsp3) is 0.105. The number of aromatic nitrogens is 3. The smallest absolute Gasteiger partial charge is 0.249 e. The third-order valence-electron chi connectivity index (χ3n) is 3.57. The highest BCUT2D eigenvalue weighted by atomic mass is 19.1. The van der Waals surface area contributed by atoms with Gasteiger partial charge in [0.05, 0.1) is 0 Å². The summed E-state index contributed by atoms with van der Waals surface area (Å²) in [6.45, 7) is 0.714. The zero-order valence-electron chi connectivity index (χ0n) is 13.5. The predicted molar refractivity (Wildman–Crippen MR) is 94.2 cm³/mol. The predicted octanol–water partition coefficient (Wildman–Crippen LogP) is 3.31. The highest BCUT2D eigenvalue weighted by Crippen LogP contribution is 2.07. The number of anilines is 1. The van der Waals surface area contributed by atoms with Crippen molar-refractivity contribution >= 4 is 17.8 Å². The molecule has 1 amide bonds. The molecule has 25 heavy (non-hydrogen) atoms. The van der Waals surface area contributed by atoms with Crippen molar-refractivity contribution in [1.82, 2.24) is 14.8 Å². The summed E-state index contributed by atoms with van der Waals surface area (Å²) in [4.78, 5) is 15.9. The Kier molecular flexibility index (Phi) is 5.31. The summed E-state index contributed by atoms with van der Waals surface area (Å²) in [5, 5.41) is 7.02. The number of benzene rings is 1. The first-order chi connectivity index (χ1) is 12.2. The molecule has 5 nitrogen and oxygen atoms in total. The molecular weight excluding hydrogens is 319 g/mol. The van der Waals surface area contributed by atoms with Crippen molar-refractivity contribution < 1.29 is 9.18 Å². The molecule has 3 aromatic rings. The molecule has 0 fully saturated rings. The van der Waals surface area contributed by atoms with Gasteiger partial charge in [0, 0.05) is 37.3 Å². The van der Waals surface area contributed by atoms with Gasteiger partial charge in [-0.15, -0.1) is 0 Å². The maximum atomic E-state index is 12.8. The van der Waals surface area contributed by atoms with Crippen molar-refractivity contribution in [3.8, 4) is 0 Å². The van der Waals surface area contributed by atoms with Gasteiger partial charge in [0.1, 0.15) is 5.82 Å². The van der Waals surface area contributed by atoms with Gasteiger partial charge >= 0.3 is 0 Å². The minimum absolute atomic E-state index is 0.288. The van der Waals surface area contributed by atoms with E-state index >= 15 is 0 Å². The highest BCUT2D eigenvalue weighted by molar-refractivity contribution is 6.01. The molecule has 6 heteroatoms. The van der Waals surface area contributed by atoms with Crippen LogP contribution >= 0.6 is 0 Å². The number of halogens is 1. The standard InChI is InChI=1S/C19H17FN4O/c20-17-4-1-15(2-5-17)3-6-19(25)22-18-10-14-24(23-18)13-9-16-7-11-21-12-8-16/h1-8,10-12,14H,9,13H2,(H,22,23,25)/b6-3+. The summed E-state index contributed by atoms with van der Waals surface area (Å²) in [7, 11) is 0. The summed E-state index contributed by atoms with van der Waals surface area (Å²) in [5.41, 5.74) is 1.93. The second-order valence-electron chi connectivity index (χ2n) is 5.44. The molecule has 1 N–H and O–H groups in total. The molecule has 0 aliphatic carbocycles. The van der Waals surface area contributed by atoms with E-state index in [0.717, 1.165) is 12.0 Å². The average molecular weight is 336 g/mol. The summed E-state index contributed by atoms with van der Waals surface area (Å²) in [6.07, 6.45) is 9.19. The summed E-state index contributed by atoms with van der Waals surface area (Å²) < 4.78 is 14.6. The van der Waals surface area contributed by atoms with Crippen LogP contribution in [0.1, 0.15) is 11.1 Å². The lowest BCUT2D eigenvalue weighted by molar-refractivity contribution is -0.111. The number of aryl methyl sites for hydroxylation is 2. The van der Waals surface area contributed by atoms with E-state index in [1.807, 2.05) is 18.3 Å². The van der Waals surface area contributed by atoms with E-state index < -0.39 is 0 Å². The van der Waals surface area contributed by atoms with Gasteiger partial charge in [-0.25, -0.2) is 4.39 Å². The second kappa shape index (κ2) is 8.01. The Labute approximate surface area is 144 Å². The maximum absolute atomic E-state index is 12.8. The Morgan fingerprint density at radius 1 is 1.12 bits per heavy atom. The highest BCUT2D eigenvalue weighted by Gasteiger charge is 2.02. The van der Waals surface area contributed by atoms with Gasteiger partial charge in [0.15, 0.2) is 5.82 Å². The Morgan fingerprint density at radius 2 is 1.88 bits per heavy atom. The first-order valence-corrected chi connectivity index (χ1v) is 7.86. The molecule has 2 aromatic heterocycles. The van der Waals surface area contributed by atoms with Crippen LogP contribution in [-0.4, -0.2) is 20.7 Å². The maximum Gasteiger partial charge on any atom is 0.249 e. The average Bonchev–Trinajstić information content (AvgIpc) is 3.08. The topological polar surface area (TPSA) is 59.8 Å². The third-order valence-corrected chi connectivity index (χ3v) is 3.57. The molecule has 0 bridgehead atoms. The van der Waals surface area contributed by atoms with Gasteiger partial charge in [-0.1, -0.05) is 12.1 Å². The molecule has 0 atom stereocenters. The van der Waals surface area contributed by atoms with Crippen molar-refractivity contribution in [2.24, 2.45) is 0 Å². The summed E-state index contributed by atoms with van der Waals surface area (Å²) in [6, 6.07) is 11.6. The van der Waals surface area contributed by atoms with Crippen molar-refractivity contribution in [1.29, 1.82) is 0 Å². The number of carbonyl (C=O) groups excluding carboxylic acids is 1. The van der Waals surface area contributed by atoms with E-state index in [9.17, 15) is 9.18 Å². The first kappa shape index (κ1) is 16.6. The lowest BCUT2D eigenvalue weighted by Gasteiger charge is -2.02. The third kappa shape index (κ3) is 5.10. The van der Waals surface area contributed by atoms with E-state index in [2.05, 4.69) is 15.4 Å². The molecule has 0 aliphatic rings. The van der Waals surface area contributed by atoms with Gasteiger partial charge in [0.25, 0.3) is 0 Å². The van der Waals surface area contributed by atoms with E-state index in [-0.39, 0.29) is 11.7 Å². The van der Waals surface area contributed by atoms with E-state index in [0.29, 0.717) is 12.4 Å². The molecule has 0 unspecified atom stereocenters. The fourth-order valence-electron chi connectivity index (χ4n) is 2.26. The number of hydrogen-bond donors (Lipinski definition) is 1. The zero-order valence-corrected chi connectivity index (χ0v) is 13.5. The number of rotatable bonds is 6. The lowest BCUT2D eigenvalue weighted by atomic mass is 10.2. The fourth-order valence-corrected chi connectivity index (χ4v) is 2.26. The minimum Gasteiger partial charge on any atom is -0.306 e. The van der Waals surface area contributed by atoms with Crippen LogP contribution in [-0.2, 0) is 17.8 Å². The Morgan fingerprint density at radius 3 is 2.64 bits per heavy atom. The van der Waals surface area contributed by atoms with Crippen LogP contribution in [0.5, 0.6) is 0 Å². The van der Waals surface area contributed by atoms with Crippen molar-refractivity contribution in [2.45, 2.75) is 13.0 Å². The molecule has 2 heterocycles. The van der Waals surface area contributed by atoms with Crippen molar-refractivity contribution in [3.63, 3.8) is 0 Å². The molecule has 3 rings (SSSR count). The molecule has 0 saturated carbocycles. The molecule has 0 saturated heterocycles. The van der Waals surface area contributed by atoms with E-state index in [1.54, 1.807) is 41.4 Å². The molecular formula is C19H17FN4O. The van der Waals surface area contributed by atoms with Crippen molar-refractivity contribution in [3.05, 3.63) is 84.1 Å². The molecule has 1 aromatic carbocycles. The normalized spacial score (nSPS) is 10.9. The van der Waals surface area contributed by atoms with Crippen LogP contribution in [0.4, 0.5) is 10.2 Å². The van der Waals surface area contributed by atoms with Gasteiger partial charge in [-0.05, 0) is 47.9 Å². The Bertz CT molecular complexity index is 857. The number of nitrogens with zero attached hydrogens (tertiary/aromatic N) is 3. The Balaban J connectivity index is 1.52. The van der Waals surface area contributed by atoms with Gasteiger partial charge < -0.3 is 5.32 Å². The molecule has 0 spiro atoms. The molecule has 0 radical (unpaired) electrons. The van der Waals surface area contributed by atoms with Gasteiger partial charge in [-0.3, -0.25) is 14.5 Å². The number of amides is 1. The van der Waals surface area contributed by atoms with Gasteiger partial charge in [-0.2, -0.15) is 5.10 Å². The van der Waals surface area contributed by atoms with Crippen molar-refractivity contribution in [2.75, 3.05) is 5.32 Å². The number of nitrogens with one attached hydrogen (secondary N) is 1. The minimum atomic E-state index is -0.307. The molecule has 0 aliphatic heterocycles. The van der Waals surface area contributed by atoms with Crippen LogP contribution in [0.3, 0.4) is 0 Å². The zero-order chi connectivity index (χ0) is 17.5. The largest absolute Gasteiger partial charge is 0.306 e. The molecule has 126 valence electrons. The monoisotopic (exact) mass is 336 g/mol. The van der Waals surface area contributed by atoms with Crippen LogP contribution in [0, 0.1) is 5.82 Å². The quantitative estimate of drug-likeness (QED) is 0.703.